The molecule has 1 aliphatic heterocycles. The van der Waals surface area contributed by atoms with Crippen molar-refractivity contribution in [1.29, 1.82) is 0 Å². The molecule has 1 amide bonds. The molecule has 6 nitrogen and oxygen atoms in total. The molecule has 7 heteroatoms. The summed E-state index contributed by atoms with van der Waals surface area (Å²) < 4.78 is 19.2. The standard InChI is InChI=1S/C25H20FNO5/c1-14-6-9-17(10-7-14)27-22(15-4-3-5-18(28)12-15)21(24(30)25(27)31)23(29)19-13-16(26)8-11-20(19)32-2/h3-13,22,28-29H,1-2H3/b23-21+. The highest BCUT2D eigenvalue weighted by Gasteiger charge is 2.47. The van der Waals surface area contributed by atoms with Gasteiger partial charge in [-0.1, -0.05) is 29.8 Å². The average molecular weight is 433 g/mol. The van der Waals surface area contributed by atoms with Crippen LogP contribution in [0, 0.1) is 12.7 Å². The van der Waals surface area contributed by atoms with E-state index in [0.29, 0.717) is 11.3 Å². The third-order valence-electron chi connectivity index (χ3n) is 5.36. The number of anilines is 1. The number of phenolic OH excluding ortho intramolecular Hbond substituents is 1. The zero-order valence-electron chi connectivity index (χ0n) is 17.4. The van der Waals surface area contributed by atoms with Crippen molar-refractivity contribution < 1.29 is 28.9 Å². The van der Waals surface area contributed by atoms with Gasteiger partial charge < -0.3 is 14.9 Å². The zero-order chi connectivity index (χ0) is 23.0. The van der Waals surface area contributed by atoms with Gasteiger partial charge in [0.05, 0.1) is 24.3 Å². The van der Waals surface area contributed by atoms with Crippen LogP contribution in [0.1, 0.15) is 22.7 Å². The van der Waals surface area contributed by atoms with Crippen LogP contribution in [0.5, 0.6) is 11.5 Å². The minimum atomic E-state index is -1.04. The van der Waals surface area contributed by atoms with E-state index < -0.39 is 29.3 Å². The van der Waals surface area contributed by atoms with Gasteiger partial charge in [0.2, 0.25) is 0 Å². The zero-order valence-corrected chi connectivity index (χ0v) is 17.4. The van der Waals surface area contributed by atoms with Crippen LogP contribution in [-0.2, 0) is 9.59 Å². The molecule has 0 aromatic heterocycles. The van der Waals surface area contributed by atoms with Crippen LogP contribution in [0.15, 0.2) is 72.3 Å². The molecule has 0 bridgehead atoms. The van der Waals surface area contributed by atoms with Gasteiger partial charge in [0.25, 0.3) is 11.7 Å². The van der Waals surface area contributed by atoms with Crippen LogP contribution in [0.4, 0.5) is 10.1 Å². The normalized spacial score (nSPS) is 17.6. The molecule has 1 aliphatic rings. The molecule has 4 rings (SSSR count). The van der Waals surface area contributed by atoms with Crippen LogP contribution in [0.25, 0.3) is 5.76 Å². The number of aryl methyl sites for hydroxylation is 1. The molecule has 0 aliphatic carbocycles. The Morgan fingerprint density at radius 2 is 1.75 bits per heavy atom. The number of hydrogen-bond acceptors (Lipinski definition) is 5. The second kappa shape index (κ2) is 8.19. The Kier molecular flexibility index (Phi) is 5.40. The van der Waals surface area contributed by atoms with Gasteiger partial charge in [-0.15, -0.1) is 0 Å². The number of aromatic hydroxyl groups is 1. The summed E-state index contributed by atoms with van der Waals surface area (Å²) in [6.07, 6.45) is 0. The van der Waals surface area contributed by atoms with Crippen molar-refractivity contribution in [3.05, 3.63) is 94.8 Å². The number of halogens is 1. The molecule has 3 aromatic carbocycles. The number of ketones is 1. The Hall–Kier alpha value is -4.13. The maximum atomic E-state index is 14.0. The Morgan fingerprint density at radius 3 is 2.41 bits per heavy atom. The number of ether oxygens (including phenoxy) is 1. The van der Waals surface area contributed by atoms with Gasteiger partial charge in [-0.3, -0.25) is 14.5 Å². The average Bonchev–Trinajstić information content (AvgIpc) is 3.04. The van der Waals surface area contributed by atoms with Gasteiger partial charge in [0.1, 0.15) is 23.1 Å². The first-order valence-corrected chi connectivity index (χ1v) is 9.82. The number of Topliss-reactive ketones (excluding diaryl/α,β-unsaturated/α-hetero) is 1. The number of aliphatic hydroxyl groups excluding tert-OH is 1. The molecule has 1 heterocycles. The molecule has 1 fully saturated rings. The third kappa shape index (κ3) is 3.58. The second-order valence-electron chi connectivity index (χ2n) is 7.44. The van der Waals surface area contributed by atoms with Gasteiger partial charge in [0, 0.05) is 5.69 Å². The lowest BCUT2D eigenvalue weighted by atomic mass is 9.94. The van der Waals surface area contributed by atoms with Crippen LogP contribution in [-0.4, -0.2) is 29.0 Å². The summed E-state index contributed by atoms with van der Waals surface area (Å²) in [6, 6.07) is 15.5. The van der Waals surface area contributed by atoms with E-state index in [4.69, 9.17) is 4.74 Å². The number of carbonyl (C=O) groups is 2. The quantitative estimate of drug-likeness (QED) is 0.360. The van der Waals surface area contributed by atoms with Crippen LogP contribution in [0.3, 0.4) is 0 Å². The number of methoxy groups -OCH3 is 1. The summed E-state index contributed by atoms with van der Waals surface area (Å²) in [4.78, 5) is 27.5. The smallest absolute Gasteiger partial charge is 0.300 e. The van der Waals surface area contributed by atoms with Crippen molar-refractivity contribution in [1.82, 2.24) is 0 Å². The number of benzene rings is 3. The van der Waals surface area contributed by atoms with E-state index in [1.807, 2.05) is 6.92 Å². The minimum absolute atomic E-state index is 0.0560. The highest BCUT2D eigenvalue weighted by Crippen LogP contribution is 2.43. The second-order valence-corrected chi connectivity index (χ2v) is 7.44. The summed E-state index contributed by atoms with van der Waals surface area (Å²) in [5.41, 5.74) is 1.52. The molecule has 1 unspecified atom stereocenters. The summed E-state index contributed by atoms with van der Waals surface area (Å²) in [6.45, 7) is 1.89. The number of nitrogens with zero attached hydrogens (tertiary/aromatic N) is 1. The fraction of sp³-hybridized carbons (Fsp3) is 0.120. The molecule has 0 spiro atoms. The van der Waals surface area contributed by atoms with Crippen molar-refractivity contribution in [2.24, 2.45) is 0 Å². The Morgan fingerprint density at radius 1 is 1.03 bits per heavy atom. The molecular weight excluding hydrogens is 413 g/mol. The minimum Gasteiger partial charge on any atom is -0.508 e. The maximum absolute atomic E-state index is 14.0. The Labute approximate surface area is 183 Å². The Balaban J connectivity index is 1.99. The van der Waals surface area contributed by atoms with Crippen LogP contribution < -0.4 is 9.64 Å². The number of amides is 1. The van der Waals surface area contributed by atoms with E-state index in [9.17, 15) is 24.2 Å². The van der Waals surface area contributed by atoms with Crippen molar-refractivity contribution >= 4 is 23.1 Å². The SMILES string of the molecule is COc1ccc(F)cc1/C(O)=C1\C(=O)C(=O)N(c2ccc(C)cc2)C1c1cccc(O)c1. The first-order valence-electron chi connectivity index (χ1n) is 9.82. The number of hydrogen-bond donors (Lipinski definition) is 2. The lowest BCUT2D eigenvalue weighted by molar-refractivity contribution is -0.132. The maximum Gasteiger partial charge on any atom is 0.300 e. The highest BCUT2D eigenvalue weighted by molar-refractivity contribution is 6.51. The van der Waals surface area contributed by atoms with E-state index in [2.05, 4.69) is 0 Å². The molecule has 0 radical (unpaired) electrons. The van der Waals surface area contributed by atoms with Crippen LogP contribution >= 0.6 is 0 Å². The van der Waals surface area contributed by atoms with Crippen molar-refractivity contribution in [2.45, 2.75) is 13.0 Å². The highest BCUT2D eigenvalue weighted by atomic mass is 19.1. The summed E-state index contributed by atoms with van der Waals surface area (Å²) >= 11 is 0. The first kappa shape index (κ1) is 21.1. The first-order chi connectivity index (χ1) is 15.3. The van der Waals surface area contributed by atoms with Crippen molar-refractivity contribution in [3.8, 4) is 11.5 Å². The third-order valence-corrected chi connectivity index (χ3v) is 5.36. The monoisotopic (exact) mass is 433 g/mol. The van der Waals surface area contributed by atoms with Gasteiger partial charge in [-0.2, -0.15) is 0 Å². The lowest BCUT2D eigenvalue weighted by Gasteiger charge is -2.25. The topological polar surface area (TPSA) is 87.1 Å². The number of carbonyl (C=O) groups excluding carboxylic acids is 2. The Bertz CT molecular complexity index is 1250. The molecule has 0 saturated carbocycles. The van der Waals surface area contributed by atoms with E-state index >= 15 is 0 Å². The molecule has 3 aromatic rings. The van der Waals surface area contributed by atoms with Gasteiger partial charge >= 0.3 is 0 Å². The summed E-state index contributed by atoms with van der Waals surface area (Å²) in [5.74, 6) is -2.92. The molecule has 162 valence electrons. The fourth-order valence-electron chi connectivity index (χ4n) is 3.82. The van der Waals surface area contributed by atoms with Crippen molar-refractivity contribution in [3.63, 3.8) is 0 Å². The van der Waals surface area contributed by atoms with E-state index in [1.165, 1.54) is 30.2 Å². The van der Waals surface area contributed by atoms with Gasteiger partial charge in [-0.25, -0.2) is 4.39 Å². The number of rotatable bonds is 4. The predicted molar refractivity (Wildman–Crippen MR) is 117 cm³/mol. The fourth-order valence-corrected chi connectivity index (χ4v) is 3.82. The molecule has 32 heavy (non-hydrogen) atoms. The van der Waals surface area contributed by atoms with E-state index in [0.717, 1.165) is 17.7 Å². The largest absolute Gasteiger partial charge is 0.508 e. The number of aliphatic hydroxyl groups is 1. The molecule has 1 saturated heterocycles. The van der Waals surface area contributed by atoms with Gasteiger partial charge in [0.15, 0.2) is 0 Å². The summed E-state index contributed by atoms with van der Waals surface area (Å²) in [5, 5.41) is 21.1. The molecule has 1 atom stereocenters. The molecular formula is C25H20FNO5. The van der Waals surface area contributed by atoms with E-state index in [1.54, 1.807) is 36.4 Å². The van der Waals surface area contributed by atoms with Crippen molar-refractivity contribution in [2.75, 3.05) is 12.0 Å². The summed E-state index contributed by atoms with van der Waals surface area (Å²) in [7, 11) is 1.35. The lowest BCUT2D eigenvalue weighted by Crippen LogP contribution is -2.29. The van der Waals surface area contributed by atoms with E-state index in [-0.39, 0.29) is 22.6 Å². The predicted octanol–water partition coefficient (Wildman–Crippen LogP) is 4.47. The van der Waals surface area contributed by atoms with Crippen LogP contribution in [0.2, 0.25) is 0 Å². The number of phenols is 1. The molecule has 2 N–H and O–H groups in total. The van der Waals surface area contributed by atoms with Gasteiger partial charge in [-0.05, 0) is 55.0 Å².